The lowest BCUT2D eigenvalue weighted by atomic mass is 10.4. The van der Waals surface area contributed by atoms with Gasteiger partial charge >= 0.3 is 6.40 Å². The summed E-state index contributed by atoms with van der Waals surface area (Å²) in [5, 5.41) is 0. The highest BCUT2D eigenvalue weighted by Gasteiger charge is 1.92. The Kier molecular flexibility index (Phi) is 4.10. The van der Waals surface area contributed by atoms with Crippen molar-refractivity contribution in [1.82, 2.24) is 0 Å². The molecule has 0 aromatic heterocycles. The highest BCUT2D eigenvalue weighted by molar-refractivity contribution is 5.38. The molecule has 2 heteroatoms. The molecule has 0 aliphatic heterocycles. The summed E-state index contributed by atoms with van der Waals surface area (Å²) in [6.45, 7) is 8.14. The van der Waals surface area contributed by atoms with Crippen LogP contribution in [-0.4, -0.2) is 18.5 Å². The molecular weight excluding hydrogens is 114 g/mol. The van der Waals surface area contributed by atoms with Crippen LogP contribution in [0.15, 0.2) is 0 Å². The van der Waals surface area contributed by atoms with Crippen LogP contribution >= 0.6 is 0 Å². The molecule has 0 saturated heterocycles. The molecule has 0 heterocycles. The van der Waals surface area contributed by atoms with Gasteiger partial charge in [0.05, 0.1) is 6.10 Å². The van der Waals surface area contributed by atoms with Crippen molar-refractivity contribution in [3.05, 3.63) is 0 Å². The summed E-state index contributed by atoms with van der Waals surface area (Å²) in [6.07, 6.45) is 1.92. The largest absolute Gasteiger partial charge is 0.448 e. The van der Waals surface area contributed by atoms with E-state index in [0.29, 0.717) is 6.04 Å². The number of ether oxygens (including phenoxy) is 1. The van der Waals surface area contributed by atoms with Gasteiger partial charge in [-0.3, -0.25) is 0 Å². The Morgan fingerprint density at radius 1 is 1.22 bits per heavy atom. The average molecular weight is 130 g/mol. The monoisotopic (exact) mass is 130 g/mol. The Bertz CT molecular complexity index is 86.9. The normalized spacial score (nSPS) is 11.8. The smallest absolute Gasteiger partial charge is 0.322 e. The van der Waals surface area contributed by atoms with Crippen molar-refractivity contribution >= 4 is 6.40 Å². The molecule has 0 atom stereocenters. The van der Waals surface area contributed by atoms with Crippen molar-refractivity contribution in [2.24, 2.45) is 0 Å². The standard InChI is InChI=1S/C7H15NO/c1-6(2)8-5-9-7(3)4/h5-7H,1-4H3/p+1. The highest BCUT2D eigenvalue weighted by Crippen LogP contribution is 1.78. The van der Waals surface area contributed by atoms with Crippen LogP contribution in [0.2, 0.25) is 0 Å². The minimum atomic E-state index is 0.274. The van der Waals surface area contributed by atoms with Crippen LogP contribution in [0.3, 0.4) is 0 Å². The van der Waals surface area contributed by atoms with Gasteiger partial charge in [0.15, 0.2) is 0 Å². The fourth-order valence-corrected chi connectivity index (χ4v) is 0.311. The Hall–Kier alpha value is -0.530. The summed E-state index contributed by atoms with van der Waals surface area (Å²) in [7, 11) is 0. The first kappa shape index (κ1) is 8.47. The van der Waals surface area contributed by atoms with Gasteiger partial charge in [-0.05, 0) is 27.7 Å². The van der Waals surface area contributed by atoms with Gasteiger partial charge in [0.25, 0.3) is 0 Å². The van der Waals surface area contributed by atoms with E-state index < -0.39 is 0 Å². The van der Waals surface area contributed by atoms with E-state index in [4.69, 9.17) is 4.74 Å². The van der Waals surface area contributed by atoms with Gasteiger partial charge in [-0.25, -0.2) is 4.99 Å². The van der Waals surface area contributed by atoms with E-state index >= 15 is 0 Å². The van der Waals surface area contributed by atoms with Crippen LogP contribution in [-0.2, 0) is 4.74 Å². The third-order valence-electron chi connectivity index (χ3n) is 0.742. The van der Waals surface area contributed by atoms with E-state index in [-0.39, 0.29) is 6.10 Å². The number of hydrogen-bond donors (Lipinski definition) is 1. The molecule has 9 heavy (non-hydrogen) atoms. The SMILES string of the molecule is CC(C)[NH+]=COC(C)C. The quantitative estimate of drug-likeness (QED) is 0.419. The lowest BCUT2D eigenvalue weighted by Crippen LogP contribution is -2.74. The molecule has 1 N–H and O–H groups in total. The van der Waals surface area contributed by atoms with Crippen LogP contribution in [0.4, 0.5) is 0 Å². The van der Waals surface area contributed by atoms with E-state index in [9.17, 15) is 0 Å². The zero-order valence-corrected chi connectivity index (χ0v) is 6.64. The second-order valence-electron chi connectivity index (χ2n) is 2.62. The van der Waals surface area contributed by atoms with E-state index in [1.807, 2.05) is 13.8 Å². The Balaban J connectivity index is 3.25. The molecule has 0 aliphatic carbocycles. The molecule has 0 aromatic carbocycles. The van der Waals surface area contributed by atoms with Gasteiger partial charge in [0, 0.05) is 0 Å². The second-order valence-corrected chi connectivity index (χ2v) is 2.62. The summed E-state index contributed by atoms with van der Waals surface area (Å²) in [4.78, 5) is 3.03. The van der Waals surface area contributed by atoms with E-state index in [1.54, 1.807) is 6.40 Å². The van der Waals surface area contributed by atoms with Crippen molar-refractivity contribution in [1.29, 1.82) is 0 Å². The Morgan fingerprint density at radius 2 is 1.78 bits per heavy atom. The predicted octanol–water partition coefficient (Wildman–Crippen LogP) is -0.0713. The van der Waals surface area contributed by atoms with Crippen molar-refractivity contribution < 1.29 is 9.73 Å². The predicted molar refractivity (Wildman–Crippen MR) is 38.4 cm³/mol. The van der Waals surface area contributed by atoms with Gasteiger partial charge in [-0.1, -0.05) is 0 Å². The van der Waals surface area contributed by atoms with Crippen LogP contribution in [0.5, 0.6) is 0 Å². The van der Waals surface area contributed by atoms with Crippen molar-refractivity contribution in [3.8, 4) is 0 Å². The van der Waals surface area contributed by atoms with Crippen LogP contribution < -0.4 is 4.99 Å². The third-order valence-corrected chi connectivity index (χ3v) is 0.742. The van der Waals surface area contributed by atoms with Crippen LogP contribution in [0, 0.1) is 0 Å². The minimum Gasteiger partial charge on any atom is -0.448 e. The average Bonchev–Trinajstić information content (AvgIpc) is 1.63. The number of hydrogen-bond acceptors (Lipinski definition) is 1. The molecule has 0 amide bonds. The molecule has 0 aromatic rings. The first-order valence-electron chi connectivity index (χ1n) is 3.36. The maximum atomic E-state index is 5.12. The summed E-state index contributed by atoms with van der Waals surface area (Å²) in [6, 6.07) is 0.462. The molecular formula is C7H16NO+. The van der Waals surface area contributed by atoms with Crippen molar-refractivity contribution in [3.63, 3.8) is 0 Å². The van der Waals surface area contributed by atoms with Gasteiger partial charge in [0.2, 0.25) is 0 Å². The maximum absolute atomic E-state index is 5.12. The molecule has 0 saturated carbocycles. The molecule has 0 bridgehead atoms. The molecule has 0 spiro atoms. The Morgan fingerprint density at radius 3 is 2.11 bits per heavy atom. The Labute approximate surface area is 56.9 Å². The molecule has 0 unspecified atom stereocenters. The summed E-state index contributed by atoms with van der Waals surface area (Å²) >= 11 is 0. The van der Waals surface area contributed by atoms with E-state index in [0.717, 1.165) is 0 Å². The van der Waals surface area contributed by atoms with Crippen LogP contribution in [0.1, 0.15) is 27.7 Å². The van der Waals surface area contributed by atoms with Crippen LogP contribution in [0.25, 0.3) is 0 Å². The van der Waals surface area contributed by atoms with E-state index in [2.05, 4.69) is 18.8 Å². The molecule has 2 nitrogen and oxygen atoms in total. The van der Waals surface area contributed by atoms with Crippen molar-refractivity contribution in [2.75, 3.05) is 0 Å². The molecule has 0 aliphatic rings. The van der Waals surface area contributed by atoms with Gasteiger partial charge in [-0.15, -0.1) is 0 Å². The first-order valence-corrected chi connectivity index (χ1v) is 3.36. The molecule has 54 valence electrons. The van der Waals surface area contributed by atoms with Gasteiger partial charge < -0.3 is 4.74 Å². The third kappa shape index (κ3) is 7.47. The summed E-state index contributed by atoms with van der Waals surface area (Å²) in [5.41, 5.74) is 0. The zero-order chi connectivity index (χ0) is 7.28. The first-order chi connectivity index (χ1) is 4.13. The molecule has 0 radical (unpaired) electrons. The zero-order valence-electron chi connectivity index (χ0n) is 6.64. The fourth-order valence-electron chi connectivity index (χ4n) is 0.311. The fraction of sp³-hybridized carbons (Fsp3) is 0.857. The van der Waals surface area contributed by atoms with E-state index in [1.165, 1.54) is 0 Å². The highest BCUT2D eigenvalue weighted by atomic mass is 16.5. The summed E-state index contributed by atoms with van der Waals surface area (Å²) in [5.74, 6) is 0. The summed E-state index contributed by atoms with van der Waals surface area (Å²) < 4.78 is 5.12. The topological polar surface area (TPSA) is 23.2 Å². The van der Waals surface area contributed by atoms with Crippen molar-refractivity contribution in [2.45, 2.75) is 39.8 Å². The lowest BCUT2D eigenvalue weighted by molar-refractivity contribution is -0.497. The molecule has 0 fully saturated rings. The number of rotatable bonds is 3. The maximum Gasteiger partial charge on any atom is 0.322 e. The number of nitrogens with one attached hydrogen (secondary N) is 1. The van der Waals surface area contributed by atoms with Gasteiger partial charge in [-0.2, -0.15) is 0 Å². The molecule has 0 rings (SSSR count). The minimum absolute atomic E-state index is 0.274. The second kappa shape index (κ2) is 4.36. The lowest BCUT2D eigenvalue weighted by Gasteiger charge is -1.98. The van der Waals surface area contributed by atoms with Gasteiger partial charge in [0.1, 0.15) is 6.04 Å².